The van der Waals surface area contributed by atoms with Gasteiger partial charge in [-0.05, 0) is 13.0 Å². The molecule has 2 rings (SSSR count). The van der Waals surface area contributed by atoms with Crippen molar-refractivity contribution in [3.63, 3.8) is 0 Å². The smallest absolute Gasteiger partial charge is 0.347 e. The number of fused-ring (bicyclic) bond motifs is 1. The summed E-state index contributed by atoms with van der Waals surface area (Å²) < 4.78 is 4.93. The van der Waals surface area contributed by atoms with Crippen LogP contribution in [0.5, 0.6) is 0 Å². The molecule has 0 radical (unpaired) electrons. The highest BCUT2D eigenvalue weighted by atomic mass is 32.1. The standard InChI is InChI=1S/C9H6O3S/c1-5(10)7-2-6-3-13-4-8(6)12-9(7)11/h2-4H,1H3. The Hall–Kier alpha value is -1.42. The van der Waals surface area contributed by atoms with Crippen LogP contribution in [0, 0.1) is 0 Å². The topological polar surface area (TPSA) is 47.3 Å². The van der Waals surface area contributed by atoms with E-state index in [1.165, 1.54) is 18.3 Å². The van der Waals surface area contributed by atoms with Gasteiger partial charge in [-0.15, -0.1) is 11.3 Å². The molecule has 0 fully saturated rings. The summed E-state index contributed by atoms with van der Waals surface area (Å²) in [5.41, 5.74) is 0.101. The van der Waals surface area contributed by atoms with Crippen LogP contribution in [0.3, 0.4) is 0 Å². The fourth-order valence-corrected chi connectivity index (χ4v) is 1.80. The van der Waals surface area contributed by atoms with Crippen molar-refractivity contribution in [2.45, 2.75) is 6.92 Å². The maximum Gasteiger partial charge on any atom is 0.347 e. The SMILES string of the molecule is CC(=O)c1cc2cscc2oc1=O. The minimum Gasteiger partial charge on any atom is -0.421 e. The van der Waals surface area contributed by atoms with Crippen LogP contribution in [0.1, 0.15) is 17.3 Å². The van der Waals surface area contributed by atoms with Gasteiger partial charge in [-0.2, -0.15) is 0 Å². The molecule has 2 aromatic heterocycles. The Morgan fingerprint density at radius 3 is 2.92 bits per heavy atom. The van der Waals surface area contributed by atoms with Crippen molar-refractivity contribution in [3.05, 3.63) is 32.8 Å². The molecule has 0 saturated carbocycles. The van der Waals surface area contributed by atoms with Gasteiger partial charge in [0.15, 0.2) is 5.78 Å². The average Bonchev–Trinajstić information content (AvgIpc) is 2.48. The van der Waals surface area contributed by atoms with Crippen LogP contribution < -0.4 is 5.63 Å². The lowest BCUT2D eigenvalue weighted by Gasteiger charge is -1.92. The highest BCUT2D eigenvalue weighted by Gasteiger charge is 2.09. The molecule has 0 aliphatic rings. The Kier molecular flexibility index (Phi) is 1.77. The molecule has 13 heavy (non-hydrogen) atoms. The molecule has 0 atom stereocenters. The van der Waals surface area contributed by atoms with E-state index in [9.17, 15) is 9.59 Å². The number of carbonyl (C=O) groups is 1. The first kappa shape index (κ1) is 8.19. The van der Waals surface area contributed by atoms with E-state index >= 15 is 0 Å². The summed E-state index contributed by atoms with van der Waals surface area (Å²) in [5.74, 6) is -0.262. The third kappa shape index (κ3) is 1.29. The van der Waals surface area contributed by atoms with E-state index in [0.29, 0.717) is 5.58 Å². The van der Waals surface area contributed by atoms with Gasteiger partial charge < -0.3 is 4.42 Å². The number of hydrogen-bond acceptors (Lipinski definition) is 4. The van der Waals surface area contributed by atoms with Crippen LogP contribution in [0.2, 0.25) is 0 Å². The van der Waals surface area contributed by atoms with Gasteiger partial charge >= 0.3 is 5.63 Å². The monoisotopic (exact) mass is 194 g/mol. The quantitative estimate of drug-likeness (QED) is 0.653. The van der Waals surface area contributed by atoms with Gasteiger partial charge in [0.1, 0.15) is 11.1 Å². The van der Waals surface area contributed by atoms with Crippen molar-refractivity contribution in [3.8, 4) is 0 Å². The van der Waals surface area contributed by atoms with Crippen LogP contribution in [0.4, 0.5) is 0 Å². The number of carbonyl (C=O) groups excluding carboxylic acids is 1. The second-order valence-electron chi connectivity index (χ2n) is 2.70. The van der Waals surface area contributed by atoms with E-state index in [1.54, 1.807) is 11.4 Å². The minimum atomic E-state index is -0.557. The highest BCUT2D eigenvalue weighted by molar-refractivity contribution is 7.09. The molecule has 66 valence electrons. The molecular formula is C9H6O3S. The van der Waals surface area contributed by atoms with Gasteiger partial charge in [-0.25, -0.2) is 4.79 Å². The molecule has 0 unspecified atom stereocenters. The van der Waals surface area contributed by atoms with Gasteiger partial charge in [0.2, 0.25) is 0 Å². The van der Waals surface area contributed by atoms with Crippen LogP contribution in [0.15, 0.2) is 26.0 Å². The predicted octanol–water partition coefficient (Wildman–Crippen LogP) is 2.06. The molecule has 0 amide bonds. The molecule has 0 aliphatic carbocycles. The highest BCUT2D eigenvalue weighted by Crippen LogP contribution is 2.17. The summed E-state index contributed by atoms with van der Waals surface area (Å²) in [7, 11) is 0. The lowest BCUT2D eigenvalue weighted by molar-refractivity contribution is 0.101. The molecule has 0 aromatic carbocycles. The molecule has 0 aliphatic heterocycles. The molecule has 2 heterocycles. The van der Waals surface area contributed by atoms with Crippen LogP contribution in [0.25, 0.3) is 11.0 Å². The fraction of sp³-hybridized carbons (Fsp3) is 0.111. The van der Waals surface area contributed by atoms with Crippen molar-refractivity contribution < 1.29 is 9.21 Å². The lowest BCUT2D eigenvalue weighted by Crippen LogP contribution is -2.10. The molecule has 0 spiro atoms. The van der Waals surface area contributed by atoms with Gasteiger partial charge in [-0.3, -0.25) is 4.79 Å². The minimum absolute atomic E-state index is 0.117. The van der Waals surface area contributed by atoms with E-state index in [2.05, 4.69) is 0 Å². The normalized spacial score (nSPS) is 10.5. The second-order valence-corrected chi connectivity index (χ2v) is 3.44. The van der Waals surface area contributed by atoms with Crippen molar-refractivity contribution in [1.29, 1.82) is 0 Å². The Labute approximate surface area is 77.6 Å². The second kappa shape index (κ2) is 2.81. The Morgan fingerprint density at radius 1 is 1.46 bits per heavy atom. The van der Waals surface area contributed by atoms with Gasteiger partial charge in [-0.1, -0.05) is 0 Å². The number of rotatable bonds is 1. The van der Waals surface area contributed by atoms with E-state index in [1.807, 2.05) is 5.38 Å². The summed E-state index contributed by atoms with van der Waals surface area (Å²) in [6, 6.07) is 1.57. The van der Waals surface area contributed by atoms with Crippen molar-refractivity contribution >= 4 is 28.1 Å². The zero-order chi connectivity index (χ0) is 9.42. The number of thiophene rings is 1. The first-order valence-electron chi connectivity index (χ1n) is 3.69. The van der Waals surface area contributed by atoms with Crippen LogP contribution in [-0.4, -0.2) is 5.78 Å². The summed E-state index contributed by atoms with van der Waals surface area (Å²) in [6.07, 6.45) is 0. The summed E-state index contributed by atoms with van der Waals surface area (Å²) in [4.78, 5) is 22.2. The third-order valence-corrected chi connectivity index (χ3v) is 2.50. The van der Waals surface area contributed by atoms with Crippen molar-refractivity contribution in [2.75, 3.05) is 0 Å². The first-order valence-corrected chi connectivity index (χ1v) is 4.64. The lowest BCUT2D eigenvalue weighted by atomic mass is 10.2. The van der Waals surface area contributed by atoms with Crippen LogP contribution >= 0.6 is 11.3 Å². The van der Waals surface area contributed by atoms with E-state index in [0.717, 1.165) is 5.39 Å². The largest absolute Gasteiger partial charge is 0.421 e. The van der Waals surface area contributed by atoms with Gasteiger partial charge in [0.05, 0.1) is 0 Å². The molecule has 0 N–H and O–H groups in total. The molecule has 2 aromatic rings. The first-order chi connectivity index (χ1) is 6.18. The van der Waals surface area contributed by atoms with E-state index in [4.69, 9.17) is 4.42 Å². The van der Waals surface area contributed by atoms with Crippen LogP contribution in [-0.2, 0) is 0 Å². The van der Waals surface area contributed by atoms with E-state index in [-0.39, 0.29) is 11.3 Å². The molecule has 3 nitrogen and oxygen atoms in total. The zero-order valence-corrected chi connectivity index (χ0v) is 7.68. The Balaban J connectivity index is 2.84. The summed E-state index contributed by atoms with van der Waals surface area (Å²) in [5, 5.41) is 4.38. The van der Waals surface area contributed by atoms with Gasteiger partial charge in [0.25, 0.3) is 0 Å². The maximum atomic E-state index is 11.2. The third-order valence-electron chi connectivity index (χ3n) is 1.76. The van der Waals surface area contributed by atoms with E-state index < -0.39 is 5.63 Å². The number of hydrogen-bond donors (Lipinski definition) is 0. The summed E-state index contributed by atoms with van der Waals surface area (Å²) in [6.45, 7) is 1.35. The average molecular weight is 194 g/mol. The number of ketones is 1. The zero-order valence-electron chi connectivity index (χ0n) is 6.87. The number of Topliss-reactive ketones (excluding diaryl/α,β-unsaturated/α-hetero) is 1. The molecule has 4 heteroatoms. The van der Waals surface area contributed by atoms with Crippen molar-refractivity contribution in [1.82, 2.24) is 0 Å². The predicted molar refractivity (Wildman–Crippen MR) is 50.4 cm³/mol. The molecule has 0 saturated heterocycles. The van der Waals surface area contributed by atoms with Gasteiger partial charge in [0, 0.05) is 16.1 Å². The summed E-state index contributed by atoms with van der Waals surface area (Å²) >= 11 is 1.44. The Morgan fingerprint density at radius 2 is 2.23 bits per heavy atom. The fourth-order valence-electron chi connectivity index (χ4n) is 1.10. The van der Waals surface area contributed by atoms with Crippen molar-refractivity contribution in [2.24, 2.45) is 0 Å². The maximum absolute atomic E-state index is 11.2. The molecule has 0 bridgehead atoms. The Bertz CT molecular complexity index is 521. The molecular weight excluding hydrogens is 188 g/mol.